The van der Waals surface area contributed by atoms with Gasteiger partial charge >= 0.3 is 0 Å². The number of rotatable bonds is 5. The van der Waals surface area contributed by atoms with Crippen LogP contribution < -0.4 is 15.0 Å². The summed E-state index contributed by atoms with van der Waals surface area (Å²) in [6, 6.07) is 9.57. The van der Waals surface area contributed by atoms with E-state index in [1.165, 1.54) is 11.3 Å². The van der Waals surface area contributed by atoms with E-state index in [0.29, 0.717) is 10.7 Å². The van der Waals surface area contributed by atoms with E-state index in [4.69, 9.17) is 4.74 Å². The minimum absolute atomic E-state index is 0.188. The Kier molecular flexibility index (Phi) is 5.25. The number of ether oxygens (including phenoxy) is 1. The predicted octanol–water partition coefficient (Wildman–Crippen LogP) is 4.37. The van der Waals surface area contributed by atoms with Crippen LogP contribution in [0.25, 0.3) is 11.3 Å². The number of carbonyl (C=O) groups excluding carboxylic acids is 1. The van der Waals surface area contributed by atoms with Crippen molar-refractivity contribution in [2.45, 2.75) is 19.8 Å². The molecule has 28 heavy (non-hydrogen) atoms. The molecule has 1 aliphatic heterocycles. The maximum absolute atomic E-state index is 12.9. The maximum atomic E-state index is 12.9. The van der Waals surface area contributed by atoms with Crippen LogP contribution in [0.15, 0.2) is 41.9 Å². The van der Waals surface area contributed by atoms with Gasteiger partial charge in [0.15, 0.2) is 5.13 Å². The molecule has 0 unspecified atom stereocenters. The van der Waals surface area contributed by atoms with Crippen molar-refractivity contribution in [2.75, 3.05) is 30.4 Å². The summed E-state index contributed by atoms with van der Waals surface area (Å²) in [5.74, 6) is 1.32. The van der Waals surface area contributed by atoms with E-state index in [1.807, 2.05) is 36.6 Å². The van der Waals surface area contributed by atoms with Crippen LogP contribution in [0.5, 0.6) is 5.75 Å². The summed E-state index contributed by atoms with van der Waals surface area (Å²) >= 11 is 1.40. The number of benzene rings is 1. The van der Waals surface area contributed by atoms with Gasteiger partial charge < -0.3 is 9.64 Å². The number of hydrogen-bond donors (Lipinski definition) is 1. The molecule has 1 aliphatic rings. The largest absolute Gasteiger partial charge is 0.496 e. The fourth-order valence-corrected chi connectivity index (χ4v) is 4.10. The first-order valence-electron chi connectivity index (χ1n) is 9.27. The van der Waals surface area contributed by atoms with Crippen LogP contribution in [0.2, 0.25) is 0 Å². The number of nitrogens with one attached hydrogen (secondary N) is 1. The third kappa shape index (κ3) is 3.71. The average Bonchev–Trinajstić information content (AvgIpc) is 3.40. The van der Waals surface area contributed by atoms with Crippen molar-refractivity contribution in [3.8, 4) is 17.0 Å². The second-order valence-electron chi connectivity index (χ2n) is 6.76. The highest BCUT2D eigenvalue weighted by Crippen LogP contribution is 2.33. The molecular weight excluding hydrogens is 372 g/mol. The molecule has 1 amide bonds. The second-order valence-corrected chi connectivity index (χ2v) is 7.62. The molecule has 0 bridgehead atoms. The van der Waals surface area contributed by atoms with Gasteiger partial charge in [-0.1, -0.05) is 11.6 Å². The Morgan fingerprint density at radius 3 is 2.86 bits per heavy atom. The number of methoxy groups -OCH3 is 1. The molecule has 0 spiro atoms. The van der Waals surface area contributed by atoms with Gasteiger partial charge in [0.1, 0.15) is 11.6 Å². The number of carbonyl (C=O) groups is 1. The van der Waals surface area contributed by atoms with Crippen LogP contribution in [0.4, 0.5) is 10.9 Å². The highest BCUT2D eigenvalue weighted by atomic mass is 32.1. The Hall–Kier alpha value is -2.93. The van der Waals surface area contributed by atoms with Gasteiger partial charge in [0.05, 0.1) is 18.4 Å². The zero-order chi connectivity index (χ0) is 19.5. The summed E-state index contributed by atoms with van der Waals surface area (Å²) in [4.78, 5) is 24.1. The van der Waals surface area contributed by atoms with Crippen LogP contribution in [-0.4, -0.2) is 36.1 Å². The molecule has 1 fully saturated rings. The van der Waals surface area contributed by atoms with Gasteiger partial charge in [-0.25, -0.2) is 9.97 Å². The van der Waals surface area contributed by atoms with Gasteiger partial charge in [0.2, 0.25) is 0 Å². The number of pyridine rings is 1. The van der Waals surface area contributed by atoms with E-state index in [2.05, 4.69) is 20.2 Å². The molecule has 2 aromatic heterocycles. The third-order valence-electron chi connectivity index (χ3n) is 4.79. The summed E-state index contributed by atoms with van der Waals surface area (Å²) in [6.45, 7) is 3.90. The van der Waals surface area contributed by atoms with Crippen LogP contribution in [0.1, 0.15) is 28.8 Å². The Bertz CT molecular complexity index is 996. The van der Waals surface area contributed by atoms with Crippen molar-refractivity contribution in [1.82, 2.24) is 9.97 Å². The lowest BCUT2D eigenvalue weighted by molar-refractivity contribution is 0.102. The standard InChI is InChI=1S/C21H22N4O2S/c1-14-7-8-18(27-2)16(12-14)17-13-28-21(23-17)24-20(26)15-6-5-9-22-19(15)25-10-3-4-11-25/h5-9,12-13H,3-4,10-11H2,1-2H3,(H,23,24,26). The fraction of sp³-hybridized carbons (Fsp3) is 0.286. The first-order chi connectivity index (χ1) is 13.7. The lowest BCUT2D eigenvalue weighted by atomic mass is 10.1. The Morgan fingerprint density at radius 1 is 1.25 bits per heavy atom. The summed E-state index contributed by atoms with van der Waals surface area (Å²) in [7, 11) is 1.64. The third-order valence-corrected chi connectivity index (χ3v) is 5.55. The smallest absolute Gasteiger partial charge is 0.261 e. The molecular formula is C21H22N4O2S. The van der Waals surface area contributed by atoms with Crippen molar-refractivity contribution < 1.29 is 9.53 Å². The van der Waals surface area contributed by atoms with Crippen LogP contribution in [0.3, 0.4) is 0 Å². The monoisotopic (exact) mass is 394 g/mol. The molecule has 0 saturated carbocycles. The minimum Gasteiger partial charge on any atom is -0.496 e. The molecule has 7 heteroatoms. The Balaban J connectivity index is 1.57. The van der Waals surface area contributed by atoms with Crippen molar-refractivity contribution in [3.63, 3.8) is 0 Å². The lowest BCUT2D eigenvalue weighted by Gasteiger charge is -2.19. The highest BCUT2D eigenvalue weighted by molar-refractivity contribution is 7.14. The molecule has 3 heterocycles. The number of amides is 1. The molecule has 1 aromatic carbocycles. The molecule has 6 nitrogen and oxygen atoms in total. The van der Waals surface area contributed by atoms with Crippen molar-refractivity contribution >= 4 is 28.2 Å². The minimum atomic E-state index is -0.188. The zero-order valence-corrected chi connectivity index (χ0v) is 16.8. The van der Waals surface area contributed by atoms with Crippen molar-refractivity contribution in [3.05, 3.63) is 53.0 Å². The molecule has 3 aromatic rings. The number of aryl methyl sites for hydroxylation is 1. The zero-order valence-electron chi connectivity index (χ0n) is 15.9. The number of hydrogen-bond acceptors (Lipinski definition) is 6. The summed E-state index contributed by atoms with van der Waals surface area (Å²) in [5.41, 5.74) is 3.40. The molecule has 0 atom stereocenters. The number of thiazole rings is 1. The van der Waals surface area contributed by atoms with Crippen LogP contribution in [0, 0.1) is 6.92 Å². The van der Waals surface area contributed by atoms with E-state index in [-0.39, 0.29) is 5.91 Å². The lowest BCUT2D eigenvalue weighted by Crippen LogP contribution is -2.24. The van der Waals surface area contributed by atoms with E-state index in [0.717, 1.165) is 54.3 Å². The quantitative estimate of drug-likeness (QED) is 0.696. The van der Waals surface area contributed by atoms with E-state index in [1.54, 1.807) is 19.4 Å². The molecule has 0 radical (unpaired) electrons. The molecule has 1 saturated heterocycles. The summed E-state index contributed by atoms with van der Waals surface area (Å²) < 4.78 is 5.45. The van der Waals surface area contributed by atoms with Crippen LogP contribution in [-0.2, 0) is 0 Å². The Labute approximate surface area is 168 Å². The van der Waals surface area contributed by atoms with Gasteiger partial charge in [-0.15, -0.1) is 11.3 Å². The predicted molar refractivity (Wildman–Crippen MR) is 112 cm³/mol. The normalized spacial score (nSPS) is 13.6. The molecule has 1 N–H and O–H groups in total. The van der Waals surface area contributed by atoms with Gasteiger partial charge in [-0.3, -0.25) is 10.1 Å². The maximum Gasteiger partial charge on any atom is 0.261 e. The summed E-state index contributed by atoms with van der Waals surface area (Å²) in [5, 5.41) is 5.41. The summed E-state index contributed by atoms with van der Waals surface area (Å²) in [6.07, 6.45) is 3.99. The Morgan fingerprint density at radius 2 is 2.07 bits per heavy atom. The first-order valence-corrected chi connectivity index (χ1v) is 10.2. The highest BCUT2D eigenvalue weighted by Gasteiger charge is 2.21. The first kappa shape index (κ1) is 18.4. The topological polar surface area (TPSA) is 67.3 Å². The van der Waals surface area contributed by atoms with Gasteiger partial charge in [0, 0.05) is 30.2 Å². The molecule has 0 aliphatic carbocycles. The van der Waals surface area contributed by atoms with E-state index >= 15 is 0 Å². The SMILES string of the molecule is COc1ccc(C)cc1-c1csc(NC(=O)c2cccnc2N2CCCC2)n1. The fourth-order valence-electron chi connectivity index (χ4n) is 3.40. The average molecular weight is 395 g/mol. The van der Waals surface area contributed by atoms with Gasteiger partial charge in [-0.2, -0.15) is 0 Å². The van der Waals surface area contributed by atoms with Gasteiger partial charge in [0.25, 0.3) is 5.91 Å². The van der Waals surface area contributed by atoms with Gasteiger partial charge in [-0.05, 0) is 44.0 Å². The molecule has 144 valence electrons. The number of nitrogens with zero attached hydrogens (tertiary/aromatic N) is 3. The van der Waals surface area contributed by atoms with Crippen molar-refractivity contribution in [2.24, 2.45) is 0 Å². The second kappa shape index (κ2) is 7.98. The number of anilines is 2. The van der Waals surface area contributed by atoms with E-state index < -0.39 is 0 Å². The van der Waals surface area contributed by atoms with E-state index in [9.17, 15) is 4.79 Å². The van der Waals surface area contributed by atoms with Crippen molar-refractivity contribution in [1.29, 1.82) is 0 Å². The van der Waals surface area contributed by atoms with Crippen LogP contribution >= 0.6 is 11.3 Å². The number of aromatic nitrogens is 2. The molecule has 4 rings (SSSR count).